The molecule has 1 aliphatic rings. The molecule has 0 saturated heterocycles. The molecule has 1 atom stereocenters. The minimum absolute atomic E-state index is 0.0776. The Kier molecular flexibility index (Phi) is 8.69. The molecular weight excluding hydrogens is 630 g/mol. The number of aromatic nitrogens is 1. The highest BCUT2D eigenvalue weighted by Crippen LogP contribution is 2.49. The summed E-state index contributed by atoms with van der Waals surface area (Å²) in [6, 6.07) is 19.2. The quantitative estimate of drug-likeness (QED) is 0.145. The number of fused-ring (bicyclic) bond motifs is 1. The van der Waals surface area contributed by atoms with E-state index in [4.69, 9.17) is 15.6 Å². The van der Waals surface area contributed by atoms with Gasteiger partial charge in [-0.15, -0.1) is 11.3 Å². The molecule has 0 radical (unpaired) electrons. The van der Waals surface area contributed by atoms with Crippen molar-refractivity contribution in [2.24, 2.45) is 11.1 Å². The number of carbonyl (C=O) groups is 3. The standard InChI is InChI=1S/C34H28F2N4O6S/c35-21-5-7-22(8-6-21)40(33(45)34(12-13-34)32(37)44)23-9-10-27(25(36)15-23)46-28-11-14-38-26-16-29(47-30(26)28)19-1-3-20(4-2-19)31(43)39-17-24(42)18-41/h1-11,14-16,24,41-42H,12-13,17-18H2,(H2,37,44)(H,39,43)/t24-/m1/s1. The van der Waals surface area contributed by atoms with Gasteiger partial charge in [-0.05, 0) is 73.0 Å². The highest BCUT2D eigenvalue weighted by atomic mass is 32.1. The van der Waals surface area contributed by atoms with Gasteiger partial charge >= 0.3 is 0 Å². The third-order valence-electron chi connectivity index (χ3n) is 7.83. The summed E-state index contributed by atoms with van der Waals surface area (Å²) in [6.07, 6.45) is 1.01. The molecule has 3 amide bonds. The largest absolute Gasteiger partial charge is 0.453 e. The van der Waals surface area contributed by atoms with Gasteiger partial charge in [0, 0.05) is 41.0 Å². The fraction of sp³-hybridized carbons (Fsp3) is 0.176. The SMILES string of the molecule is NC(=O)C1(C(=O)N(c2ccc(F)cc2)c2ccc(Oc3ccnc4cc(-c5ccc(C(=O)NC[C@@H](O)CO)cc5)sc34)c(F)c2)CC1. The number of halogens is 2. The number of hydrogen-bond donors (Lipinski definition) is 4. The van der Waals surface area contributed by atoms with Gasteiger partial charge in [0.15, 0.2) is 11.6 Å². The number of carbonyl (C=O) groups excluding carboxylic acids is 3. The number of benzene rings is 3. The summed E-state index contributed by atoms with van der Waals surface area (Å²) in [5.41, 5.74) is 6.28. The van der Waals surface area contributed by atoms with Gasteiger partial charge in [0.2, 0.25) is 11.8 Å². The van der Waals surface area contributed by atoms with Crippen LogP contribution in [0.1, 0.15) is 23.2 Å². The molecule has 240 valence electrons. The van der Waals surface area contributed by atoms with E-state index in [9.17, 15) is 23.9 Å². The maximum Gasteiger partial charge on any atom is 0.251 e. The Bertz CT molecular complexity index is 1980. The van der Waals surface area contributed by atoms with Crippen LogP contribution in [0.4, 0.5) is 20.2 Å². The van der Waals surface area contributed by atoms with Gasteiger partial charge in [-0.2, -0.15) is 0 Å². The van der Waals surface area contributed by atoms with Crippen LogP contribution >= 0.6 is 11.3 Å². The van der Waals surface area contributed by atoms with Crippen molar-refractivity contribution in [1.82, 2.24) is 10.3 Å². The number of thiophene rings is 1. The molecule has 47 heavy (non-hydrogen) atoms. The van der Waals surface area contributed by atoms with Crippen molar-refractivity contribution in [1.29, 1.82) is 0 Å². The van der Waals surface area contributed by atoms with Crippen molar-refractivity contribution in [3.05, 3.63) is 102 Å². The summed E-state index contributed by atoms with van der Waals surface area (Å²) in [4.78, 5) is 44.4. The Labute approximate surface area is 271 Å². The maximum atomic E-state index is 15.6. The average Bonchev–Trinajstić information content (AvgIpc) is 3.78. The second kappa shape index (κ2) is 12.9. The lowest BCUT2D eigenvalue weighted by Gasteiger charge is -2.26. The van der Waals surface area contributed by atoms with Gasteiger partial charge in [0.05, 0.1) is 28.6 Å². The lowest BCUT2D eigenvalue weighted by Crippen LogP contribution is -2.41. The molecule has 1 saturated carbocycles. The molecule has 6 rings (SSSR count). The Morgan fingerprint density at radius 2 is 1.68 bits per heavy atom. The number of aliphatic hydroxyl groups excluding tert-OH is 2. The Morgan fingerprint density at radius 3 is 2.32 bits per heavy atom. The van der Waals surface area contributed by atoms with Crippen molar-refractivity contribution < 1.29 is 38.1 Å². The second-order valence-electron chi connectivity index (χ2n) is 11.0. The minimum atomic E-state index is -1.41. The normalized spacial score (nSPS) is 14.0. The first-order valence-electron chi connectivity index (χ1n) is 14.5. The number of primary amides is 1. The predicted molar refractivity (Wildman–Crippen MR) is 171 cm³/mol. The smallest absolute Gasteiger partial charge is 0.251 e. The number of pyridine rings is 1. The van der Waals surface area contributed by atoms with Crippen molar-refractivity contribution in [2.45, 2.75) is 18.9 Å². The van der Waals surface area contributed by atoms with Crippen LogP contribution in [-0.2, 0) is 9.59 Å². The van der Waals surface area contributed by atoms with Gasteiger partial charge in [-0.1, -0.05) is 12.1 Å². The lowest BCUT2D eigenvalue weighted by atomic mass is 10.0. The van der Waals surface area contributed by atoms with Crippen LogP contribution in [0.15, 0.2) is 85.1 Å². The first kappa shape index (κ1) is 31.7. The maximum absolute atomic E-state index is 15.6. The number of nitrogens with one attached hydrogen (secondary N) is 1. The van der Waals surface area contributed by atoms with Crippen LogP contribution in [0.5, 0.6) is 11.5 Å². The summed E-state index contributed by atoms with van der Waals surface area (Å²) in [7, 11) is 0. The summed E-state index contributed by atoms with van der Waals surface area (Å²) in [6.45, 7) is -0.537. The molecule has 5 N–H and O–H groups in total. The Hall–Kier alpha value is -5.24. The predicted octanol–water partition coefficient (Wildman–Crippen LogP) is 5.05. The summed E-state index contributed by atoms with van der Waals surface area (Å²) in [5.74, 6) is -2.88. The molecule has 0 bridgehead atoms. The number of rotatable bonds is 11. The highest BCUT2D eigenvalue weighted by molar-refractivity contribution is 7.22. The molecule has 13 heteroatoms. The van der Waals surface area contributed by atoms with Crippen LogP contribution in [-0.4, -0.2) is 52.2 Å². The van der Waals surface area contributed by atoms with E-state index >= 15 is 4.39 Å². The van der Waals surface area contributed by atoms with Gasteiger partial charge < -0.3 is 26.0 Å². The van der Waals surface area contributed by atoms with Crippen LogP contribution < -0.4 is 20.7 Å². The van der Waals surface area contributed by atoms with E-state index in [0.29, 0.717) is 21.5 Å². The van der Waals surface area contributed by atoms with Crippen LogP contribution in [0, 0.1) is 17.0 Å². The van der Waals surface area contributed by atoms with E-state index in [0.717, 1.165) is 33.5 Å². The topological polar surface area (TPSA) is 155 Å². The number of nitrogens with zero attached hydrogens (tertiary/aromatic N) is 2. The van der Waals surface area contributed by atoms with Crippen molar-refractivity contribution in [2.75, 3.05) is 18.1 Å². The van der Waals surface area contributed by atoms with Crippen LogP contribution in [0.25, 0.3) is 20.7 Å². The minimum Gasteiger partial charge on any atom is -0.453 e. The van der Waals surface area contributed by atoms with Crippen molar-refractivity contribution in [3.63, 3.8) is 0 Å². The third-order valence-corrected chi connectivity index (χ3v) is 9.02. The summed E-state index contributed by atoms with van der Waals surface area (Å²) >= 11 is 1.36. The molecule has 0 spiro atoms. The highest BCUT2D eigenvalue weighted by Gasteiger charge is 2.57. The summed E-state index contributed by atoms with van der Waals surface area (Å²) < 4.78 is 35.9. The number of ether oxygens (including phenoxy) is 1. The van der Waals surface area contributed by atoms with Crippen LogP contribution in [0.3, 0.4) is 0 Å². The Morgan fingerprint density at radius 1 is 0.979 bits per heavy atom. The van der Waals surface area contributed by atoms with Gasteiger partial charge in [-0.25, -0.2) is 8.78 Å². The van der Waals surface area contributed by atoms with E-state index in [-0.39, 0.29) is 36.5 Å². The fourth-order valence-electron chi connectivity index (χ4n) is 5.01. The number of anilines is 2. The van der Waals surface area contributed by atoms with E-state index < -0.39 is 47.5 Å². The van der Waals surface area contributed by atoms with E-state index in [2.05, 4.69) is 10.3 Å². The monoisotopic (exact) mass is 658 g/mol. The molecule has 0 aliphatic heterocycles. The van der Waals surface area contributed by atoms with Gasteiger partial charge in [0.1, 0.15) is 17.0 Å². The zero-order chi connectivity index (χ0) is 33.3. The average molecular weight is 659 g/mol. The first-order valence-corrected chi connectivity index (χ1v) is 15.3. The third kappa shape index (κ3) is 6.41. The molecule has 2 heterocycles. The molecular formula is C34H28F2N4O6S. The van der Waals surface area contributed by atoms with E-state index in [1.807, 2.05) is 6.07 Å². The van der Waals surface area contributed by atoms with Crippen molar-refractivity contribution in [3.8, 4) is 21.9 Å². The van der Waals surface area contributed by atoms with Crippen molar-refractivity contribution >= 4 is 50.6 Å². The van der Waals surface area contributed by atoms with E-state index in [1.165, 1.54) is 41.8 Å². The summed E-state index contributed by atoms with van der Waals surface area (Å²) in [5, 5.41) is 20.9. The van der Waals surface area contributed by atoms with E-state index in [1.54, 1.807) is 30.3 Å². The van der Waals surface area contributed by atoms with Gasteiger partial charge in [-0.3, -0.25) is 24.3 Å². The molecule has 1 aliphatic carbocycles. The van der Waals surface area contributed by atoms with Crippen LogP contribution in [0.2, 0.25) is 0 Å². The number of amides is 3. The molecule has 0 unspecified atom stereocenters. The zero-order valence-corrected chi connectivity index (χ0v) is 25.5. The molecule has 1 fully saturated rings. The Balaban J connectivity index is 1.25. The molecule has 3 aromatic carbocycles. The second-order valence-corrected chi connectivity index (χ2v) is 12.1. The first-order chi connectivity index (χ1) is 22.6. The molecule has 5 aromatic rings. The number of nitrogens with two attached hydrogens (primary N) is 1. The number of aliphatic hydroxyl groups is 2. The number of hydrogen-bond acceptors (Lipinski definition) is 8. The fourth-order valence-corrected chi connectivity index (χ4v) is 6.08. The van der Waals surface area contributed by atoms with Gasteiger partial charge in [0.25, 0.3) is 5.91 Å². The molecule has 2 aromatic heterocycles. The zero-order valence-electron chi connectivity index (χ0n) is 24.7. The molecule has 10 nitrogen and oxygen atoms in total. The lowest BCUT2D eigenvalue weighted by molar-refractivity contribution is -0.133.